The standard InChI is InChI=1S/C16H22BrNO2/c1-3-18-14-10-16(6-7-19-11(2)9-16)20-15-5-4-12(17)8-13(14)15/h4-5,8,11,14,18H,3,6-7,9-10H2,1-2H3. The molecule has 0 amide bonds. The van der Waals surface area contributed by atoms with E-state index in [9.17, 15) is 0 Å². The minimum absolute atomic E-state index is 0.0642. The molecule has 2 heterocycles. The van der Waals surface area contributed by atoms with Gasteiger partial charge < -0.3 is 14.8 Å². The van der Waals surface area contributed by atoms with Crippen LogP contribution in [0.1, 0.15) is 44.7 Å². The van der Waals surface area contributed by atoms with Crippen LogP contribution in [-0.4, -0.2) is 24.9 Å². The third kappa shape index (κ3) is 2.74. The Morgan fingerprint density at radius 1 is 1.40 bits per heavy atom. The molecule has 1 N–H and O–H groups in total. The average Bonchev–Trinajstić information content (AvgIpc) is 2.40. The summed E-state index contributed by atoms with van der Waals surface area (Å²) >= 11 is 3.56. The molecule has 2 aliphatic rings. The van der Waals surface area contributed by atoms with Crippen LogP contribution in [0.3, 0.4) is 0 Å². The number of halogens is 1. The Morgan fingerprint density at radius 3 is 3.00 bits per heavy atom. The summed E-state index contributed by atoms with van der Waals surface area (Å²) in [6, 6.07) is 6.69. The SMILES string of the molecule is CCNC1CC2(CCOC(C)C2)Oc2ccc(Br)cc21. The number of hydrogen-bond donors (Lipinski definition) is 1. The molecule has 20 heavy (non-hydrogen) atoms. The van der Waals surface area contributed by atoms with Crippen LogP contribution >= 0.6 is 15.9 Å². The third-order valence-electron chi connectivity index (χ3n) is 4.32. The molecule has 3 nitrogen and oxygen atoms in total. The van der Waals surface area contributed by atoms with Gasteiger partial charge in [-0.3, -0.25) is 0 Å². The van der Waals surface area contributed by atoms with Gasteiger partial charge >= 0.3 is 0 Å². The number of ether oxygens (including phenoxy) is 2. The summed E-state index contributed by atoms with van der Waals surface area (Å²) in [6.45, 7) is 6.07. The fourth-order valence-electron chi connectivity index (χ4n) is 3.48. The predicted octanol–water partition coefficient (Wildman–Crippen LogP) is 3.82. The van der Waals surface area contributed by atoms with Crippen LogP contribution < -0.4 is 10.1 Å². The van der Waals surface area contributed by atoms with Crippen molar-refractivity contribution in [3.8, 4) is 5.75 Å². The number of benzene rings is 1. The molecule has 1 fully saturated rings. The summed E-state index contributed by atoms with van der Waals surface area (Å²) in [5.74, 6) is 1.03. The van der Waals surface area contributed by atoms with Crippen molar-refractivity contribution in [2.75, 3.05) is 13.2 Å². The van der Waals surface area contributed by atoms with E-state index in [1.807, 2.05) is 0 Å². The maximum absolute atomic E-state index is 6.42. The molecule has 0 aliphatic carbocycles. The Morgan fingerprint density at radius 2 is 2.25 bits per heavy atom. The van der Waals surface area contributed by atoms with Crippen LogP contribution in [0, 0.1) is 0 Å². The summed E-state index contributed by atoms with van der Waals surface area (Å²) in [6.07, 6.45) is 3.26. The molecular formula is C16H22BrNO2. The van der Waals surface area contributed by atoms with Gasteiger partial charge in [0, 0.05) is 35.3 Å². The van der Waals surface area contributed by atoms with Crippen LogP contribution in [0.2, 0.25) is 0 Å². The van der Waals surface area contributed by atoms with Gasteiger partial charge in [0.1, 0.15) is 11.4 Å². The van der Waals surface area contributed by atoms with Crippen molar-refractivity contribution in [1.29, 1.82) is 0 Å². The third-order valence-corrected chi connectivity index (χ3v) is 4.81. The van der Waals surface area contributed by atoms with Crippen LogP contribution in [0.25, 0.3) is 0 Å². The minimum atomic E-state index is -0.0642. The first-order valence-corrected chi connectivity index (χ1v) is 8.25. The average molecular weight is 340 g/mol. The second-order valence-electron chi connectivity index (χ2n) is 5.92. The van der Waals surface area contributed by atoms with Gasteiger partial charge in [0.2, 0.25) is 0 Å². The monoisotopic (exact) mass is 339 g/mol. The Hall–Kier alpha value is -0.580. The van der Waals surface area contributed by atoms with Crippen molar-refractivity contribution in [2.45, 2.75) is 50.9 Å². The van der Waals surface area contributed by atoms with Gasteiger partial charge in [-0.1, -0.05) is 22.9 Å². The fraction of sp³-hybridized carbons (Fsp3) is 0.625. The van der Waals surface area contributed by atoms with Gasteiger partial charge in [0.25, 0.3) is 0 Å². The molecule has 3 unspecified atom stereocenters. The highest BCUT2D eigenvalue weighted by molar-refractivity contribution is 9.10. The first-order chi connectivity index (χ1) is 9.62. The Labute approximate surface area is 129 Å². The molecule has 0 saturated carbocycles. The lowest BCUT2D eigenvalue weighted by molar-refractivity contribution is -0.0966. The van der Waals surface area contributed by atoms with Gasteiger partial charge in [-0.2, -0.15) is 0 Å². The molecule has 4 heteroatoms. The predicted molar refractivity (Wildman–Crippen MR) is 83.2 cm³/mol. The van der Waals surface area contributed by atoms with Crippen LogP contribution in [-0.2, 0) is 4.74 Å². The second-order valence-corrected chi connectivity index (χ2v) is 6.83. The van der Waals surface area contributed by atoms with Crippen LogP contribution in [0.5, 0.6) is 5.75 Å². The Kier molecular flexibility index (Phi) is 4.07. The molecule has 1 aromatic carbocycles. The lowest BCUT2D eigenvalue weighted by atomic mass is 9.80. The number of nitrogens with one attached hydrogen (secondary N) is 1. The van der Waals surface area contributed by atoms with E-state index in [0.717, 1.165) is 42.6 Å². The highest BCUT2D eigenvalue weighted by Crippen LogP contribution is 2.45. The Balaban J connectivity index is 1.94. The van der Waals surface area contributed by atoms with Crippen LogP contribution in [0.4, 0.5) is 0 Å². The van der Waals surface area contributed by atoms with E-state index < -0.39 is 0 Å². The first kappa shape index (κ1) is 14.4. The summed E-state index contributed by atoms with van der Waals surface area (Å²) in [5.41, 5.74) is 1.21. The van der Waals surface area contributed by atoms with E-state index in [1.54, 1.807) is 0 Å². The highest BCUT2D eigenvalue weighted by atomic mass is 79.9. The van der Waals surface area contributed by atoms with Gasteiger partial charge in [-0.15, -0.1) is 0 Å². The fourth-order valence-corrected chi connectivity index (χ4v) is 3.86. The van der Waals surface area contributed by atoms with Gasteiger partial charge in [0.15, 0.2) is 0 Å². The van der Waals surface area contributed by atoms with E-state index in [2.05, 4.69) is 53.3 Å². The van der Waals surface area contributed by atoms with Gasteiger partial charge in [0.05, 0.1) is 12.7 Å². The largest absolute Gasteiger partial charge is 0.487 e. The van der Waals surface area contributed by atoms with Crippen molar-refractivity contribution in [3.05, 3.63) is 28.2 Å². The zero-order valence-electron chi connectivity index (χ0n) is 12.1. The van der Waals surface area contributed by atoms with Crippen LogP contribution in [0.15, 0.2) is 22.7 Å². The maximum atomic E-state index is 6.42. The summed E-state index contributed by atoms with van der Waals surface area (Å²) < 4.78 is 13.2. The van der Waals surface area contributed by atoms with E-state index in [1.165, 1.54) is 5.56 Å². The number of rotatable bonds is 2. The summed E-state index contributed by atoms with van der Waals surface area (Å²) in [7, 11) is 0. The zero-order valence-corrected chi connectivity index (χ0v) is 13.7. The van der Waals surface area contributed by atoms with E-state index in [4.69, 9.17) is 9.47 Å². The molecule has 1 spiro atoms. The molecule has 3 atom stereocenters. The van der Waals surface area contributed by atoms with Crippen molar-refractivity contribution >= 4 is 15.9 Å². The maximum Gasteiger partial charge on any atom is 0.125 e. The van der Waals surface area contributed by atoms with Gasteiger partial charge in [-0.05, 0) is 31.7 Å². The van der Waals surface area contributed by atoms with Crippen molar-refractivity contribution in [2.24, 2.45) is 0 Å². The smallest absolute Gasteiger partial charge is 0.125 e. The molecule has 1 aromatic rings. The van der Waals surface area contributed by atoms with Crippen molar-refractivity contribution in [1.82, 2.24) is 5.32 Å². The molecule has 0 bridgehead atoms. The number of hydrogen-bond acceptors (Lipinski definition) is 3. The van der Waals surface area contributed by atoms with Crippen molar-refractivity contribution in [3.63, 3.8) is 0 Å². The van der Waals surface area contributed by atoms with Crippen molar-refractivity contribution < 1.29 is 9.47 Å². The molecule has 3 rings (SSSR count). The first-order valence-electron chi connectivity index (χ1n) is 7.45. The second kappa shape index (κ2) is 5.66. The normalized spacial score (nSPS) is 32.8. The highest BCUT2D eigenvalue weighted by Gasteiger charge is 2.43. The molecule has 110 valence electrons. The topological polar surface area (TPSA) is 30.5 Å². The van der Waals surface area contributed by atoms with E-state index in [0.29, 0.717) is 6.04 Å². The molecule has 0 radical (unpaired) electrons. The quantitative estimate of drug-likeness (QED) is 0.888. The molecule has 1 saturated heterocycles. The summed E-state index contributed by atoms with van der Waals surface area (Å²) in [4.78, 5) is 0. The molecular weight excluding hydrogens is 318 g/mol. The number of fused-ring (bicyclic) bond motifs is 1. The summed E-state index contributed by atoms with van der Waals surface area (Å²) in [5, 5.41) is 3.61. The molecule has 0 aromatic heterocycles. The van der Waals surface area contributed by atoms with Gasteiger partial charge in [-0.25, -0.2) is 0 Å². The molecule has 2 aliphatic heterocycles. The minimum Gasteiger partial charge on any atom is -0.487 e. The zero-order chi connectivity index (χ0) is 14.2. The van der Waals surface area contributed by atoms with E-state index in [-0.39, 0.29) is 11.7 Å². The van der Waals surface area contributed by atoms with E-state index >= 15 is 0 Å². The lowest BCUT2D eigenvalue weighted by Gasteiger charge is -2.46. The lowest BCUT2D eigenvalue weighted by Crippen LogP contribution is -2.49. The Bertz CT molecular complexity index is 493.